The van der Waals surface area contributed by atoms with Gasteiger partial charge in [-0.05, 0) is 45.0 Å². The standard InChI is InChI=1S/C16H22N2O3S/c1-2-20-9-13-3-4-14(22-13)18-11-16(21-15(18)19)10-17-7-5-12(16)6-8-17/h3-4,12H,2,5-11H2,1H3/t16-/m1/s1. The Morgan fingerprint density at radius 3 is 2.86 bits per heavy atom. The van der Waals surface area contributed by atoms with Crippen molar-refractivity contribution >= 4 is 22.4 Å². The molecule has 4 saturated heterocycles. The zero-order chi connectivity index (χ0) is 15.2. The molecule has 0 saturated carbocycles. The molecule has 0 N–H and O–H groups in total. The molecule has 1 aromatic rings. The lowest BCUT2D eigenvalue weighted by Crippen LogP contribution is -2.61. The molecule has 1 aromatic heterocycles. The van der Waals surface area contributed by atoms with Crippen molar-refractivity contribution in [3.05, 3.63) is 17.0 Å². The minimum atomic E-state index is -0.280. The lowest BCUT2D eigenvalue weighted by atomic mass is 9.75. The molecular weight excluding hydrogens is 300 g/mol. The second-order valence-electron chi connectivity index (χ2n) is 6.45. The van der Waals surface area contributed by atoms with Crippen LogP contribution in [0.3, 0.4) is 0 Å². The van der Waals surface area contributed by atoms with Gasteiger partial charge in [0, 0.05) is 23.9 Å². The molecule has 5 nitrogen and oxygen atoms in total. The van der Waals surface area contributed by atoms with Crippen LogP contribution in [0.4, 0.5) is 9.80 Å². The van der Waals surface area contributed by atoms with Gasteiger partial charge in [0.15, 0.2) is 0 Å². The SMILES string of the molecule is CCOCc1ccc(N2C[C@@]3(CN4CCC3CC4)OC2=O)s1. The lowest BCUT2D eigenvalue weighted by molar-refractivity contribution is -0.0881. The van der Waals surface area contributed by atoms with Crippen LogP contribution in [0.15, 0.2) is 12.1 Å². The fraction of sp³-hybridized carbons (Fsp3) is 0.688. The second kappa shape index (κ2) is 5.51. The van der Waals surface area contributed by atoms with Crippen molar-refractivity contribution in [1.82, 2.24) is 4.90 Å². The molecule has 1 atom stereocenters. The van der Waals surface area contributed by atoms with Crippen molar-refractivity contribution < 1.29 is 14.3 Å². The van der Waals surface area contributed by atoms with Crippen molar-refractivity contribution in [2.45, 2.75) is 32.0 Å². The number of carbonyl (C=O) groups excluding carboxylic acids is 1. The summed E-state index contributed by atoms with van der Waals surface area (Å²) in [5.74, 6) is 0.523. The Morgan fingerprint density at radius 1 is 1.36 bits per heavy atom. The van der Waals surface area contributed by atoms with Gasteiger partial charge >= 0.3 is 6.09 Å². The summed E-state index contributed by atoms with van der Waals surface area (Å²) >= 11 is 1.63. The zero-order valence-corrected chi connectivity index (χ0v) is 13.7. The monoisotopic (exact) mass is 322 g/mol. The van der Waals surface area contributed by atoms with Crippen molar-refractivity contribution in [3.63, 3.8) is 0 Å². The highest BCUT2D eigenvalue weighted by atomic mass is 32.1. The molecule has 0 aromatic carbocycles. The maximum Gasteiger partial charge on any atom is 0.415 e. The molecule has 0 radical (unpaired) electrons. The number of carbonyl (C=O) groups is 1. The molecule has 5 rings (SSSR count). The van der Waals surface area contributed by atoms with Crippen LogP contribution < -0.4 is 4.90 Å². The van der Waals surface area contributed by atoms with Crippen molar-refractivity contribution in [3.8, 4) is 0 Å². The first-order valence-electron chi connectivity index (χ1n) is 8.09. The predicted octanol–water partition coefficient (Wildman–Crippen LogP) is 2.71. The van der Waals surface area contributed by atoms with Gasteiger partial charge in [0.05, 0.1) is 13.2 Å². The Labute approximate surface area is 134 Å². The van der Waals surface area contributed by atoms with E-state index in [2.05, 4.69) is 4.90 Å². The fourth-order valence-electron chi connectivity index (χ4n) is 3.97. The van der Waals surface area contributed by atoms with Crippen LogP contribution in [0.25, 0.3) is 0 Å². The number of anilines is 1. The Bertz CT molecular complexity index is 567. The molecule has 1 spiro atoms. The van der Waals surface area contributed by atoms with Crippen LogP contribution in [-0.4, -0.2) is 49.4 Å². The Balaban J connectivity index is 1.52. The maximum absolute atomic E-state index is 12.4. The van der Waals surface area contributed by atoms with E-state index in [-0.39, 0.29) is 11.7 Å². The fourth-order valence-corrected chi connectivity index (χ4v) is 4.91. The number of piperidine rings is 3. The van der Waals surface area contributed by atoms with E-state index in [1.54, 1.807) is 11.3 Å². The third kappa shape index (κ3) is 2.33. The predicted molar refractivity (Wildman–Crippen MR) is 85.4 cm³/mol. The molecule has 120 valence electrons. The van der Waals surface area contributed by atoms with Crippen molar-refractivity contribution in [2.75, 3.05) is 37.7 Å². The number of fused-ring (bicyclic) bond motifs is 2. The number of hydrogen-bond donors (Lipinski definition) is 0. The van der Waals surface area contributed by atoms with Gasteiger partial charge in [-0.25, -0.2) is 4.79 Å². The first kappa shape index (κ1) is 14.5. The average Bonchev–Trinajstić information content (AvgIpc) is 3.11. The lowest BCUT2D eigenvalue weighted by Gasteiger charge is -2.49. The van der Waals surface area contributed by atoms with Crippen LogP contribution in [-0.2, 0) is 16.1 Å². The normalized spacial score (nSPS) is 33.7. The van der Waals surface area contributed by atoms with Gasteiger partial charge in [0.25, 0.3) is 0 Å². The molecule has 5 heterocycles. The summed E-state index contributed by atoms with van der Waals surface area (Å²) in [6.07, 6.45) is 2.13. The van der Waals surface area contributed by atoms with Gasteiger partial charge in [0.2, 0.25) is 0 Å². The molecule has 2 bridgehead atoms. The van der Waals surface area contributed by atoms with E-state index in [0.717, 1.165) is 42.4 Å². The smallest absolute Gasteiger partial charge is 0.415 e. The van der Waals surface area contributed by atoms with Gasteiger partial charge in [-0.15, -0.1) is 11.3 Å². The highest BCUT2D eigenvalue weighted by Gasteiger charge is 2.55. The molecular formula is C16H22N2O3S. The summed E-state index contributed by atoms with van der Waals surface area (Å²) in [7, 11) is 0. The van der Waals surface area contributed by atoms with Crippen molar-refractivity contribution in [1.29, 1.82) is 0 Å². The summed E-state index contributed by atoms with van der Waals surface area (Å²) in [6.45, 7) is 7.22. The largest absolute Gasteiger partial charge is 0.439 e. The van der Waals surface area contributed by atoms with Crippen LogP contribution >= 0.6 is 11.3 Å². The summed E-state index contributed by atoms with van der Waals surface area (Å²) in [4.78, 5) is 17.8. The molecule has 22 heavy (non-hydrogen) atoms. The molecule has 6 heteroatoms. The number of thiophene rings is 1. The molecule has 4 aliphatic heterocycles. The van der Waals surface area contributed by atoms with Crippen LogP contribution in [0, 0.1) is 5.92 Å². The first-order chi connectivity index (χ1) is 10.7. The summed E-state index contributed by atoms with van der Waals surface area (Å²) in [5, 5.41) is 0.980. The van der Waals surface area contributed by atoms with Gasteiger partial charge in [-0.2, -0.15) is 0 Å². The van der Waals surface area contributed by atoms with E-state index in [9.17, 15) is 4.79 Å². The van der Waals surface area contributed by atoms with Crippen LogP contribution in [0.5, 0.6) is 0 Å². The van der Waals surface area contributed by atoms with E-state index >= 15 is 0 Å². The topological polar surface area (TPSA) is 42.0 Å². The highest BCUT2D eigenvalue weighted by Crippen LogP contribution is 2.44. The van der Waals surface area contributed by atoms with Crippen molar-refractivity contribution in [2.24, 2.45) is 5.92 Å². The van der Waals surface area contributed by atoms with E-state index in [0.29, 0.717) is 25.7 Å². The first-order valence-corrected chi connectivity index (χ1v) is 8.91. The van der Waals surface area contributed by atoms with Crippen LogP contribution in [0.1, 0.15) is 24.6 Å². The molecule has 4 aliphatic rings. The zero-order valence-electron chi connectivity index (χ0n) is 12.9. The average molecular weight is 322 g/mol. The van der Waals surface area contributed by atoms with Gasteiger partial charge in [0.1, 0.15) is 10.6 Å². The number of nitrogens with zero attached hydrogens (tertiary/aromatic N) is 2. The number of ether oxygens (including phenoxy) is 2. The second-order valence-corrected chi connectivity index (χ2v) is 7.59. The van der Waals surface area contributed by atoms with Gasteiger partial charge < -0.3 is 9.47 Å². The quantitative estimate of drug-likeness (QED) is 0.855. The third-order valence-electron chi connectivity index (χ3n) is 5.12. The Hall–Kier alpha value is -1.11. The maximum atomic E-state index is 12.4. The van der Waals surface area contributed by atoms with E-state index in [4.69, 9.17) is 9.47 Å². The number of amides is 1. The number of hydrogen-bond acceptors (Lipinski definition) is 5. The Kier molecular flexibility index (Phi) is 3.63. The minimum absolute atomic E-state index is 0.182. The molecule has 1 amide bonds. The summed E-state index contributed by atoms with van der Waals surface area (Å²) in [6, 6.07) is 4.06. The Morgan fingerprint density at radius 2 is 2.18 bits per heavy atom. The van der Waals surface area contributed by atoms with E-state index in [1.807, 2.05) is 24.0 Å². The third-order valence-corrected chi connectivity index (χ3v) is 6.20. The van der Waals surface area contributed by atoms with E-state index in [1.165, 1.54) is 0 Å². The minimum Gasteiger partial charge on any atom is -0.439 e. The number of rotatable bonds is 4. The van der Waals surface area contributed by atoms with Gasteiger partial charge in [-0.3, -0.25) is 9.80 Å². The molecule has 4 fully saturated rings. The highest BCUT2D eigenvalue weighted by molar-refractivity contribution is 7.16. The molecule has 0 aliphatic carbocycles. The molecule has 0 unspecified atom stereocenters. The summed E-state index contributed by atoms with van der Waals surface area (Å²) in [5.41, 5.74) is -0.280. The summed E-state index contributed by atoms with van der Waals surface area (Å²) < 4.78 is 11.3. The van der Waals surface area contributed by atoms with E-state index < -0.39 is 0 Å². The van der Waals surface area contributed by atoms with Gasteiger partial charge in [-0.1, -0.05) is 0 Å². The van der Waals surface area contributed by atoms with Crippen LogP contribution in [0.2, 0.25) is 0 Å².